The summed E-state index contributed by atoms with van der Waals surface area (Å²) in [5.41, 5.74) is -0.787. The number of rotatable bonds is 5. The molecule has 1 aliphatic heterocycles. The Bertz CT molecular complexity index is 694. The number of esters is 1. The fraction of sp³-hybridized carbons (Fsp3) is 0.286. The quantitative estimate of drug-likeness (QED) is 0.620. The third-order valence-electron chi connectivity index (χ3n) is 3.25. The number of nitrogens with zero attached hydrogens (tertiary/aromatic N) is 1. The van der Waals surface area contributed by atoms with Gasteiger partial charge in [0.25, 0.3) is 5.91 Å². The van der Waals surface area contributed by atoms with Crippen LogP contribution in [0.15, 0.2) is 23.4 Å². The van der Waals surface area contributed by atoms with Crippen molar-refractivity contribution in [1.29, 1.82) is 0 Å². The summed E-state index contributed by atoms with van der Waals surface area (Å²) in [5, 5.41) is 10.8. The third-order valence-corrected chi connectivity index (χ3v) is 3.62. The highest BCUT2D eigenvalue weighted by Gasteiger charge is 2.35. The predicted octanol–water partition coefficient (Wildman–Crippen LogP) is 1.29. The zero-order valence-electron chi connectivity index (χ0n) is 12.0. The molecular weight excluding hydrogens is 334 g/mol. The van der Waals surface area contributed by atoms with Crippen LogP contribution < -0.4 is 5.32 Å². The van der Waals surface area contributed by atoms with Crippen molar-refractivity contribution in [3.63, 3.8) is 0 Å². The second kappa shape index (κ2) is 6.93. The van der Waals surface area contributed by atoms with Gasteiger partial charge < -0.3 is 20.1 Å². The van der Waals surface area contributed by atoms with Gasteiger partial charge >= 0.3 is 5.97 Å². The van der Waals surface area contributed by atoms with Crippen molar-refractivity contribution >= 4 is 29.2 Å². The summed E-state index contributed by atoms with van der Waals surface area (Å²) in [6.07, 6.45) is 0. The Morgan fingerprint density at radius 1 is 1.43 bits per heavy atom. The first-order valence-electron chi connectivity index (χ1n) is 6.52. The molecule has 2 rings (SSSR count). The summed E-state index contributed by atoms with van der Waals surface area (Å²) in [5.74, 6) is -3.22. The van der Waals surface area contributed by atoms with Crippen LogP contribution >= 0.6 is 11.6 Å². The van der Waals surface area contributed by atoms with Gasteiger partial charge in [0, 0.05) is 6.54 Å². The topological polar surface area (TPSA) is 78.9 Å². The summed E-state index contributed by atoms with van der Waals surface area (Å²) in [6.45, 7) is -0.463. The SMILES string of the molecule is COC(=O)C1=C(Nc2c(F)ccc(F)c2Cl)C(=O)N(CCO)C1. The van der Waals surface area contributed by atoms with Gasteiger partial charge in [-0.15, -0.1) is 0 Å². The average molecular weight is 347 g/mol. The summed E-state index contributed by atoms with van der Waals surface area (Å²) < 4.78 is 31.9. The molecule has 2 N–H and O–H groups in total. The van der Waals surface area contributed by atoms with Crippen molar-refractivity contribution in [2.24, 2.45) is 0 Å². The minimum Gasteiger partial charge on any atom is -0.466 e. The number of hydrogen-bond acceptors (Lipinski definition) is 5. The molecule has 0 bridgehead atoms. The van der Waals surface area contributed by atoms with Crippen molar-refractivity contribution in [2.45, 2.75) is 0 Å². The first kappa shape index (κ1) is 17.2. The first-order valence-corrected chi connectivity index (χ1v) is 6.90. The van der Waals surface area contributed by atoms with E-state index in [4.69, 9.17) is 16.7 Å². The molecule has 1 aliphatic rings. The normalized spacial score (nSPS) is 14.5. The summed E-state index contributed by atoms with van der Waals surface area (Å²) in [4.78, 5) is 25.2. The number of methoxy groups -OCH3 is 1. The number of β-amino-alcohol motifs (C(OH)–C–C–N with tert-alkyl or cyclic N) is 1. The Hall–Kier alpha value is -2.19. The molecule has 0 unspecified atom stereocenters. The number of hydrogen-bond donors (Lipinski definition) is 2. The minimum atomic E-state index is -0.887. The molecule has 124 valence electrons. The Balaban J connectivity index is 2.43. The van der Waals surface area contributed by atoms with Gasteiger partial charge in [-0.2, -0.15) is 0 Å². The van der Waals surface area contributed by atoms with Crippen molar-refractivity contribution in [2.75, 3.05) is 32.1 Å². The monoisotopic (exact) mass is 346 g/mol. The molecule has 0 saturated heterocycles. The van der Waals surface area contributed by atoms with Crippen LogP contribution in [0.5, 0.6) is 0 Å². The van der Waals surface area contributed by atoms with Crippen LogP contribution in [0.3, 0.4) is 0 Å². The zero-order valence-corrected chi connectivity index (χ0v) is 12.8. The predicted molar refractivity (Wildman–Crippen MR) is 77.7 cm³/mol. The van der Waals surface area contributed by atoms with E-state index < -0.39 is 34.2 Å². The molecule has 1 aromatic rings. The van der Waals surface area contributed by atoms with Gasteiger partial charge in [0.1, 0.15) is 22.4 Å². The minimum absolute atomic E-state index is 0.0239. The first-order chi connectivity index (χ1) is 10.9. The standard InChI is InChI=1S/C14H13ClF2N2O4/c1-23-14(22)7-6-19(4-5-20)13(21)11(7)18-12-9(17)3-2-8(16)10(12)15/h2-3,18,20H,4-6H2,1H3. The van der Waals surface area contributed by atoms with Gasteiger partial charge in [-0.25, -0.2) is 13.6 Å². The highest BCUT2D eigenvalue weighted by atomic mass is 35.5. The summed E-state index contributed by atoms with van der Waals surface area (Å²) >= 11 is 5.70. The number of amides is 1. The van der Waals surface area contributed by atoms with E-state index >= 15 is 0 Å². The molecule has 0 aliphatic carbocycles. The Morgan fingerprint density at radius 3 is 2.70 bits per heavy atom. The maximum absolute atomic E-state index is 13.8. The van der Waals surface area contributed by atoms with Crippen LogP contribution in [0, 0.1) is 11.6 Å². The second-order valence-electron chi connectivity index (χ2n) is 4.64. The van der Waals surface area contributed by atoms with Gasteiger partial charge in [-0.3, -0.25) is 4.79 Å². The molecular formula is C14H13ClF2N2O4. The molecule has 0 fully saturated rings. The van der Waals surface area contributed by atoms with Crippen LogP contribution in [0.2, 0.25) is 5.02 Å². The van der Waals surface area contributed by atoms with Crippen molar-refractivity contribution in [1.82, 2.24) is 4.90 Å². The van der Waals surface area contributed by atoms with Gasteiger partial charge in [-0.1, -0.05) is 11.6 Å². The third kappa shape index (κ3) is 3.27. The van der Waals surface area contributed by atoms with Crippen molar-refractivity contribution in [3.8, 4) is 0 Å². The number of ether oxygens (including phenoxy) is 1. The van der Waals surface area contributed by atoms with Crippen molar-refractivity contribution in [3.05, 3.63) is 40.1 Å². The second-order valence-corrected chi connectivity index (χ2v) is 5.02. The molecule has 1 heterocycles. The van der Waals surface area contributed by atoms with Crippen LogP contribution in [-0.2, 0) is 14.3 Å². The lowest BCUT2D eigenvalue weighted by Crippen LogP contribution is -2.31. The van der Waals surface area contributed by atoms with E-state index in [1.807, 2.05) is 0 Å². The molecule has 6 nitrogen and oxygen atoms in total. The average Bonchev–Trinajstić information content (AvgIpc) is 2.84. The van der Waals surface area contributed by atoms with E-state index in [-0.39, 0.29) is 31.0 Å². The molecule has 1 aromatic carbocycles. The van der Waals surface area contributed by atoms with E-state index in [0.717, 1.165) is 19.2 Å². The highest BCUT2D eigenvalue weighted by molar-refractivity contribution is 6.33. The Morgan fingerprint density at radius 2 is 2.09 bits per heavy atom. The molecule has 0 saturated carbocycles. The fourth-order valence-corrected chi connectivity index (χ4v) is 2.32. The van der Waals surface area contributed by atoms with E-state index in [9.17, 15) is 18.4 Å². The fourth-order valence-electron chi connectivity index (χ4n) is 2.12. The Kier molecular flexibility index (Phi) is 5.17. The zero-order chi connectivity index (χ0) is 17.1. The van der Waals surface area contributed by atoms with Crippen LogP contribution in [0.4, 0.5) is 14.5 Å². The van der Waals surface area contributed by atoms with Crippen LogP contribution in [0.1, 0.15) is 0 Å². The summed E-state index contributed by atoms with van der Waals surface area (Å²) in [6, 6.07) is 1.68. The number of carbonyl (C=O) groups excluding carboxylic acids is 2. The lowest BCUT2D eigenvalue weighted by Gasteiger charge is -2.15. The molecule has 0 radical (unpaired) electrons. The molecule has 1 amide bonds. The van der Waals surface area contributed by atoms with E-state index in [2.05, 4.69) is 10.1 Å². The number of aliphatic hydroxyl groups excluding tert-OH is 1. The molecule has 0 spiro atoms. The number of halogens is 3. The van der Waals surface area contributed by atoms with Gasteiger partial charge in [-0.05, 0) is 12.1 Å². The van der Waals surface area contributed by atoms with Gasteiger partial charge in [0.15, 0.2) is 0 Å². The van der Waals surface area contributed by atoms with Crippen LogP contribution in [0.25, 0.3) is 0 Å². The number of carbonyl (C=O) groups is 2. The molecule has 0 aromatic heterocycles. The van der Waals surface area contributed by atoms with Gasteiger partial charge in [0.05, 0.1) is 31.5 Å². The summed E-state index contributed by atoms with van der Waals surface area (Å²) in [7, 11) is 1.13. The van der Waals surface area contributed by atoms with E-state index in [1.54, 1.807) is 0 Å². The number of benzene rings is 1. The smallest absolute Gasteiger partial charge is 0.337 e. The van der Waals surface area contributed by atoms with Crippen molar-refractivity contribution < 1.29 is 28.2 Å². The number of anilines is 1. The largest absolute Gasteiger partial charge is 0.466 e. The van der Waals surface area contributed by atoms with Gasteiger partial charge in [0.2, 0.25) is 0 Å². The maximum Gasteiger partial charge on any atom is 0.337 e. The van der Waals surface area contributed by atoms with E-state index in [0.29, 0.717) is 0 Å². The number of aliphatic hydroxyl groups is 1. The van der Waals surface area contributed by atoms with E-state index in [1.165, 1.54) is 4.90 Å². The lowest BCUT2D eigenvalue weighted by atomic mass is 10.2. The molecule has 9 heteroatoms. The van der Waals surface area contributed by atoms with Crippen LogP contribution in [-0.4, -0.2) is 48.7 Å². The number of nitrogens with one attached hydrogen (secondary N) is 1. The highest BCUT2D eigenvalue weighted by Crippen LogP contribution is 2.31. The molecule has 23 heavy (non-hydrogen) atoms. The maximum atomic E-state index is 13.8. The Labute approximate surface area is 135 Å². The molecule has 0 atom stereocenters. The lowest BCUT2D eigenvalue weighted by molar-refractivity contribution is -0.136.